The van der Waals surface area contributed by atoms with Gasteiger partial charge in [0, 0.05) is 10.6 Å². The summed E-state index contributed by atoms with van der Waals surface area (Å²) in [5.41, 5.74) is 0. The number of hydrogen-bond donors (Lipinski definition) is 2. The second kappa shape index (κ2) is 9.55. The lowest BCUT2D eigenvalue weighted by atomic mass is 10.2. The number of halogens is 1. The van der Waals surface area contributed by atoms with Gasteiger partial charge in [-0.25, -0.2) is 4.79 Å². The number of carbonyl (C=O) groups is 2. The molecule has 0 radical (unpaired) electrons. The molecule has 4 nitrogen and oxygen atoms in total. The minimum atomic E-state index is -0.984. The number of nitrogens with one attached hydrogen (secondary N) is 1. The van der Waals surface area contributed by atoms with Crippen LogP contribution in [0.1, 0.15) is 11.3 Å². The number of carboxylic acids is 1. The van der Waals surface area contributed by atoms with Crippen LogP contribution in [0.2, 0.25) is 4.34 Å². The molecule has 2 N–H and O–H groups in total. The molecule has 112 valence electrons. The largest absolute Gasteiger partial charge is 0.480 e. The van der Waals surface area contributed by atoms with Crippen molar-refractivity contribution in [1.82, 2.24) is 5.32 Å². The van der Waals surface area contributed by atoms with Crippen LogP contribution in [0.25, 0.3) is 0 Å². The topological polar surface area (TPSA) is 66.4 Å². The molecule has 0 aromatic carbocycles. The van der Waals surface area contributed by atoms with Crippen molar-refractivity contribution in [3.8, 4) is 0 Å². The van der Waals surface area contributed by atoms with Crippen molar-refractivity contribution in [2.45, 2.75) is 18.2 Å². The van der Waals surface area contributed by atoms with E-state index in [4.69, 9.17) is 16.7 Å². The fraction of sp³-hybridized carbons (Fsp3) is 0.500. The minimum Gasteiger partial charge on any atom is -0.480 e. The van der Waals surface area contributed by atoms with E-state index in [0.29, 0.717) is 17.9 Å². The highest BCUT2D eigenvalue weighted by Gasteiger charge is 2.19. The van der Waals surface area contributed by atoms with Gasteiger partial charge in [-0.3, -0.25) is 4.79 Å². The van der Waals surface area contributed by atoms with E-state index in [0.717, 1.165) is 9.21 Å². The van der Waals surface area contributed by atoms with Crippen molar-refractivity contribution < 1.29 is 14.7 Å². The third-order valence-corrected chi connectivity index (χ3v) is 5.39. The molecule has 0 saturated heterocycles. The summed E-state index contributed by atoms with van der Waals surface area (Å²) in [6, 6.07) is 2.95. The third-order valence-electron chi connectivity index (χ3n) is 2.35. The van der Waals surface area contributed by atoms with Crippen molar-refractivity contribution in [2.75, 3.05) is 17.8 Å². The van der Waals surface area contributed by atoms with Crippen LogP contribution >= 0.6 is 46.5 Å². The van der Waals surface area contributed by atoms with Gasteiger partial charge in [0.25, 0.3) is 0 Å². The Labute approximate surface area is 135 Å². The van der Waals surface area contributed by atoms with E-state index in [9.17, 15) is 9.59 Å². The Kier molecular flexibility index (Phi) is 8.44. The zero-order valence-electron chi connectivity index (χ0n) is 10.9. The lowest BCUT2D eigenvalue weighted by Crippen LogP contribution is -2.42. The van der Waals surface area contributed by atoms with E-state index in [1.165, 1.54) is 23.1 Å². The summed E-state index contributed by atoms with van der Waals surface area (Å²) in [7, 11) is 0. The zero-order chi connectivity index (χ0) is 15.0. The predicted octanol–water partition coefficient (Wildman–Crippen LogP) is 2.96. The summed E-state index contributed by atoms with van der Waals surface area (Å²) in [4.78, 5) is 23.8. The number of carboxylic acid groups (broad SMARTS) is 1. The van der Waals surface area contributed by atoms with Crippen LogP contribution in [-0.4, -0.2) is 40.8 Å². The molecule has 0 aliphatic carbocycles. The van der Waals surface area contributed by atoms with Crippen LogP contribution in [0, 0.1) is 0 Å². The van der Waals surface area contributed by atoms with Gasteiger partial charge in [0.2, 0.25) is 5.91 Å². The molecule has 1 aromatic heterocycles. The molecule has 1 amide bonds. The molecule has 8 heteroatoms. The highest BCUT2D eigenvalue weighted by Crippen LogP contribution is 2.24. The van der Waals surface area contributed by atoms with Gasteiger partial charge in [-0.15, -0.1) is 23.1 Å². The van der Waals surface area contributed by atoms with Crippen LogP contribution in [0.15, 0.2) is 12.1 Å². The summed E-state index contributed by atoms with van der Waals surface area (Å²) >= 11 is 10.3. The zero-order valence-corrected chi connectivity index (χ0v) is 14.1. The number of thioether (sulfide) groups is 2. The molecular formula is C12H16ClNO3S3. The maximum Gasteiger partial charge on any atom is 0.326 e. The lowest BCUT2D eigenvalue weighted by Gasteiger charge is -2.13. The van der Waals surface area contributed by atoms with Crippen LogP contribution in [-0.2, 0) is 15.3 Å². The molecule has 0 unspecified atom stereocenters. The Hall–Kier alpha value is -0.370. The molecule has 1 atom stereocenters. The fourth-order valence-corrected chi connectivity index (χ4v) is 3.91. The molecular weight excluding hydrogens is 338 g/mol. The van der Waals surface area contributed by atoms with Crippen LogP contribution in [0.4, 0.5) is 0 Å². The van der Waals surface area contributed by atoms with Gasteiger partial charge in [-0.2, -0.15) is 11.8 Å². The second-order valence-electron chi connectivity index (χ2n) is 3.94. The van der Waals surface area contributed by atoms with E-state index in [2.05, 4.69) is 5.32 Å². The molecule has 1 rings (SSSR count). The van der Waals surface area contributed by atoms with Crippen LogP contribution in [0.5, 0.6) is 0 Å². The monoisotopic (exact) mass is 353 g/mol. The van der Waals surface area contributed by atoms with Crippen molar-refractivity contribution in [3.63, 3.8) is 0 Å². The second-order valence-corrected chi connectivity index (χ2v) is 7.71. The van der Waals surface area contributed by atoms with Gasteiger partial charge >= 0.3 is 5.97 Å². The van der Waals surface area contributed by atoms with Crippen molar-refractivity contribution in [2.24, 2.45) is 0 Å². The Balaban J connectivity index is 2.28. The third kappa shape index (κ3) is 6.88. The maximum absolute atomic E-state index is 11.7. The van der Waals surface area contributed by atoms with E-state index in [1.54, 1.807) is 11.8 Å². The summed E-state index contributed by atoms with van der Waals surface area (Å²) in [6.45, 7) is 0. The molecule has 0 bridgehead atoms. The van der Waals surface area contributed by atoms with Crippen molar-refractivity contribution >= 4 is 58.3 Å². The summed E-state index contributed by atoms with van der Waals surface area (Å²) in [6.07, 6.45) is 2.34. The standard InChI is InChI=1S/C12H16ClNO3S3/c1-18-5-4-9(12(16)17)14-11(15)7-19-6-8-2-3-10(13)20-8/h2-3,9H,4-7H2,1H3,(H,14,15)(H,16,17)/t9-/m1/s1. The average molecular weight is 354 g/mol. The van der Waals surface area contributed by atoms with E-state index >= 15 is 0 Å². The molecule has 1 aromatic rings. The van der Waals surface area contributed by atoms with E-state index in [-0.39, 0.29) is 11.7 Å². The maximum atomic E-state index is 11.7. The van der Waals surface area contributed by atoms with Gasteiger partial charge < -0.3 is 10.4 Å². The Morgan fingerprint density at radius 2 is 2.25 bits per heavy atom. The van der Waals surface area contributed by atoms with Crippen molar-refractivity contribution in [3.05, 3.63) is 21.3 Å². The summed E-state index contributed by atoms with van der Waals surface area (Å²) < 4.78 is 0.730. The Morgan fingerprint density at radius 3 is 2.80 bits per heavy atom. The number of thiophene rings is 1. The minimum absolute atomic E-state index is 0.244. The predicted molar refractivity (Wildman–Crippen MR) is 88.1 cm³/mol. The molecule has 20 heavy (non-hydrogen) atoms. The van der Waals surface area contributed by atoms with E-state index < -0.39 is 12.0 Å². The van der Waals surface area contributed by atoms with Gasteiger partial charge in [0.15, 0.2) is 0 Å². The first-order valence-corrected chi connectivity index (χ1v) is 9.60. The molecule has 0 saturated carbocycles. The first-order valence-electron chi connectivity index (χ1n) is 5.86. The number of rotatable bonds is 9. The Bertz CT molecular complexity index is 453. The van der Waals surface area contributed by atoms with Crippen LogP contribution < -0.4 is 5.32 Å². The summed E-state index contributed by atoms with van der Waals surface area (Å²) in [5.74, 6) is 0.429. The molecule has 0 aliphatic heterocycles. The highest BCUT2D eigenvalue weighted by molar-refractivity contribution is 7.99. The number of hydrogen-bond acceptors (Lipinski definition) is 5. The average Bonchev–Trinajstić information content (AvgIpc) is 2.80. The smallest absolute Gasteiger partial charge is 0.326 e. The SMILES string of the molecule is CSCC[C@@H](NC(=O)CSCc1ccc(Cl)s1)C(=O)O. The molecule has 0 spiro atoms. The summed E-state index contributed by atoms with van der Waals surface area (Å²) in [5, 5.41) is 11.6. The van der Waals surface area contributed by atoms with Crippen LogP contribution in [0.3, 0.4) is 0 Å². The van der Waals surface area contributed by atoms with E-state index in [1.807, 2.05) is 18.4 Å². The number of aliphatic carboxylic acids is 1. The lowest BCUT2D eigenvalue weighted by molar-refractivity contribution is -0.141. The number of carbonyl (C=O) groups excluding carboxylic acids is 1. The van der Waals surface area contributed by atoms with Gasteiger partial charge in [-0.05, 0) is 30.6 Å². The highest BCUT2D eigenvalue weighted by atomic mass is 35.5. The molecule has 0 aliphatic rings. The van der Waals surface area contributed by atoms with Gasteiger partial charge in [0.1, 0.15) is 6.04 Å². The number of amides is 1. The quantitative estimate of drug-likeness (QED) is 0.714. The molecule has 1 heterocycles. The fourth-order valence-electron chi connectivity index (χ4n) is 1.40. The first kappa shape index (κ1) is 17.7. The molecule has 0 fully saturated rings. The normalized spacial score (nSPS) is 12.1. The van der Waals surface area contributed by atoms with Gasteiger partial charge in [0.05, 0.1) is 10.1 Å². The van der Waals surface area contributed by atoms with Gasteiger partial charge in [-0.1, -0.05) is 11.6 Å². The first-order chi connectivity index (χ1) is 9.52. The van der Waals surface area contributed by atoms with Crippen molar-refractivity contribution in [1.29, 1.82) is 0 Å². The Morgan fingerprint density at radius 1 is 1.50 bits per heavy atom.